The van der Waals surface area contributed by atoms with Crippen molar-refractivity contribution in [2.24, 2.45) is 5.41 Å². The third kappa shape index (κ3) is 2.79. The van der Waals surface area contributed by atoms with Gasteiger partial charge < -0.3 is 23.7 Å². The van der Waals surface area contributed by atoms with Crippen LogP contribution in [0, 0.1) is 5.41 Å². The molecular formula is C12H18O7. The van der Waals surface area contributed by atoms with E-state index in [4.69, 9.17) is 18.9 Å². The molecule has 0 aromatic carbocycles. The lowest BCUT2D eigenvalue weighted by molar-refractivity contribution is -0.408. The fraction of sp³-hybridized carbons (Fsp3) is 0.833. The molecule has 0 amide bonds. The Morgan fingerprint density at radius 1 is 1.26 bits per heavy atom. The smallest absolute Gasteiger partial charge is 0.342 e. The van der Waals surface area contributed by atoms with Crippen molar-refractivity contribution in [3.05, 3.63) is 0 Å². The van der Waals surface area contributed by atoms with Gasteiger partial charge in [0.1, 0.15) is 0 Å². The molecule has 19 heavy (non-hydrogen) atoms. The maximum Gasteiger partial charge on any atom is 0.342 e. The molecule has 0 spiro atoms. The molecular weight excluding hydrogens is 256 g/mol. The Hall–Kier alpha value is -1.02. The number of ether oxygens (including phenoxy) is 5. The van der Waals surface area contributed by atoms with E-state index in [0.717, 1.165) is 0 Å². The fourth-order valence-electron chi connectivity index (χ4n) is 2.02. The molecule has 3 aliphatic heterocycles. The van der Waals surface area contributed by atoms with Gasteiger partial charge in [0.05, 0.1) is 33.4 Å². The van der Waals surface area contributed by atoms with Crippen LogP contribution in [0.1, 0.15) is 13.3 Å². The third-order valence-electron chi connectivity index (χ3n) is 3.29. The number of rotatable bonds is 2. The molecule has 7 nitrogen and oxygen atoms in total. The molecule has 108 valence electrons. The summed E-state index contributed by atoms with van der Waals surface area (Å²) in [6, 6.07) is 0. The Kier molecular flexibility index (Phi) is 3.91. The zero-order valence-corrected chi connectivity index (χ0v) is 11.3. The van der Waals surface area contributed by atoms with E-state index >= 15 is 0 Å². The molecule has 0 aromatic rings. The second-order valence-corrected chi connectivity index (χ2v) is 5.13. The topological polar surface area (TPSA) is 80.3 Å². The van der Waals surface area contributed by atoms with Crippen LogP contribution in [-0.4, -0.2) is 57.9 Å². The van der Waals surface area contributed by atoms with Gasteiger partial charge in [0.2, 0.25) is 6.10 Å². The Morgan fingerprint density at radius 2 is 1.89 bits per heavy atom. The molecule has 3 rings (SSSR count). The summed E-state index contributed by atoms with van der Waals surface area (Å²) in [4.78, 5) is 23.7. The SMILES string of the molecule is COC(=O)C1OCC2(C)COC(OC)(CC1=O)OC2. The first-order chi connectivity index (χ1) is 8.94. The van der Waals surface area contributed by atoms with E-state index in [1.54, 1.807) is 0 Å². The summed E-state index contributed by atoms with van der Waals surface area (Å²) in [5.74, 6) is -2.64. The average molecular weight is 274 g/mol. The minimum absolute atomic E-state index is 0.165. The lowest BCUT2D eigenvalue weighted by Gasteiger charge is -2.41. The zero-order valence-electron chi connectivity index (χ0n) is 11.3. The van der Waals surface area contributed by atoms with Gasteiger partial charge in [-0.3, -0.25) is 4.79 Å². The standard InChI is InChI=1S/C12H18O7/c1-11-5-17-9(10(14)15-2)8(13)4-12(16-3,18-6-11)19-7-11/h9H,4-7H2,1-3H3. The number of hydrogen-bond acceptors (Lipinski definition) is 7. The van der Waals surface area contributed by atoms with Crippen LogP contribution < -0.4 is 0 Å². The summed E-state index contributed by atoms with van der Waals surface area (Å²) in [6.45, 7) is 2.69. The molecule has 3 fully saturated rings. The second-order valence-electron chi connectivity index (χ2n) is 5.13. The van der Waals surface area contributed by atoms with Gasteiger partial charge in [0.15, 0.2) is 5.78 Å². The number of hydrogen-bond donors (Lipinski definition) is 0. The van der Waals surface area contributed by atoms with Crippen molar-refractivity contribution in [2.45, 2.75) is 25.4 Å². The van der Waals surface area contributed by atoms with Crippen molar-refractivity contribution < 1.29 is 33.3 Å². The predicted molar refractivity (Wildman–Crippen MR) is 61.1 cm³/mol. The molecule has 7 heteroatoms. The monoisotopic (exact) mass is 274 g/mol. The molecule has 3 aliphatic rings. The molecule has 0 saturated carbocycles. The summed E-state index contributed by atoms with van der Waals surface area (Å²) in [5, 5.41) is 0. The highest BCUT2D eigenvalue weighted by atomic mass is 16.9. The Labute approximate surface area is 111 Å². The fourth-order valence-corrected chi connectivity index (χ4v) is 2.02. The lowest BCUT2D eigenvalue weighted by Crippen LogP contribution is -2.51. The molecule has 3 heterocycles. The van der Waals surface area contributed by atoms with Crippen molar-refractivity contribution in [2.75, 3.05) is 34.0 Å². The largest absolute Gasteiger partial charge is 0.467 e. The number of Topliss-reactive ketones (excluding diaryl/α,β-unsaturated/α-hetero) is 1. The number of ketones is 1. The summed E-state index contributed by atoms with van der Waals surface area (Å²) >= 11 is 0. The Morgan fingerprint density at radius 3 is 2.42 bits per heavy atom. The Balaban J connectivity index is 2.26. The summed E-state index contributed by atoms with van der Waals surface area (Å²) in [7, 11) is 2.60. The third-order valence-corrected chi connectivity index (χ3v) is 3.29. The number of carbonyl (C=O) groups excluding carboxylic acids is 2. The molecule has 0 radical (unpaired) electrons. The van der Waals surface area contributed by atoms with Gasteiger partial charge in [0, 0.05) is 12.5 Å². The van der Waals surface area contributed by atoms with Crippen LogP contribution >= 0.6 is 0 Å². The molecule has 3 saturated heterocycles. The number of methoxy groups -OCH3 is 2. The van der Waals surface area contributed by atoms with E-state index in [1.807, 2.05) is 6.92 Å². The minimum atomic E-state index is -1.43. The van der Waals surface area contributed by atoms with Crippen LogP contribution in [0.2, 0.25) is 0 Å². The van der Waals surface area contributed by atoms with Gasteiger partial charge in [0.25, 0.3) is 5.97 Å². The summed E-state index contributed by atoms with van der Waals surface area (Å²) < 4.78 is 26.2. The molecule has 2 bridgehead atoms. The highest BCUT2D eigenvalue weighted by Crippen LogP contribution is 2.35. The normalized spacial score (nSPS) is 39.3. The van der Waals surface area contributed by atoms with E-state index in [9.17, 15) is 9.59 Å². The summed E-state index contributed by atoms with van der Waals surface area (Å²) in [6.07, 6.45) is -1.48. The quantitative estimate of drug-likeness (QED) is 0.512. The molecule has 0 aromatic heterocycles. The van der Waals surface area contributed by atoms with Crippen molar-refractivity contribution >= 4 is 11.8 Å². The molecule has 0 aliphatic carbocycles. The maximum atomic E-state index is 12.1. The van der Waals surface area contributed by atoms with E-state index in [-0.39, 0.29) is 13.0 Å². The van der Waals surface area contributed by atoms with Crippen molar-refractivity contribution in [1.82, 2.24) is 0 Å². The van der Waals surface area contributed by atoms with Crippen molar-refractivity contribution in [1.29, 1.82) is 0 Å². The average Bonchev–Trinajstić information content (AvgIpc) is 2.49. The molecule has 1 unspecified atom stereocenters. The van der Waals surface area contributed by atoms with Crippen molar-refractivity contribution in [3.8, 4) is 0 Å². The van der Waals surface area contributed by atoms with E-state index < -0.39 is 29.2 Å². The van der Waals surface area contributed by atoms with E-state index in [1.165, 1.54) is 14.2 Å². The molecule has 1 atom stereocenters. The van der Waals surface area contributed by atoms with Crippen LogP contribution in [-0.2, 0) is 33.3 Å². The second kappa shape index (κ2) is 5.16. The van der Waals surface area contributed by atoms with Crippen LogP contribution in [0.5, 0.6) is 0 Å². The maximum absolute atomic E-state index is 12.1. The first-order valence-electron chi connectivity index (χ1n) is 5.99. The highest BCUT2D eigenvalue weighted by Gasteiger charge is 2.49. The van der Waals surface area contributed by atoms with Crippen LogP contribution in [0.4, 0.5) is 0 Å². The van der Waals surface area contributed by atoms with E-state index in [0.29, 0.717) is 13.2 Å². The first-order valence-corrected chi connectivity index (χ1v) is 5.99. The predicted octanol–water partition coefficient (Wildman–Crippen LogP) is -0.129. The Bertz CT molecular complexity index is 370. The van der Waals surface area contributed by atoms with Gasteiger partial charge in [-0.25, -0.2) is 4.79 Å². The van der Waals surface area contributed by atoms with Gasteiger partial charge >= 0.3 is 5.97 Å². The first kappa shape index (κ1) is 14.4. The summed E-state index contributed by atoms with van der Waals surface area (Å²) in [5.41, 5.74) is -0.432. The minimum Gasteiger partial charge on any atom is -0.467 e. The number of carbonyl (C=O) groups is 2. The van der Waals surface area contributed by atoms with Gasteiger partial charge in [-0.1, -0.05) is 6.92 Å². The van der Waals surface area contributed by atoms with Gasteiger partial charge in [-0.2, -0.15) is 0 Å². The number of fused-ring (bicyclic) bond motifs is 6. The van der Waals surface area contributed by atoms with Gasteiger partial charge in [-0.15, -0.1) is 0 Å². The van der Waals surface area contributed by atoms with Crippen LogP contribution in [0.15, 0.2) is 0 Å². The van der Waals surface area contributed by atoms with Crippen LogP contribution in [0.3, 0.4) is 0 Å². The molecule has 0 N–H and O–H groups in total. The number of esters is 1. The van der Waals surface area contributed by atoms with Crippen molar-refractivity contribution in [3.63, 3.8) is 0 Å². The van der Waals surface area contributed by atoms with Gasteiger partial charge in [-0.05, 0) is 0 Å². The highest BCUT2D eigenvalue weighted by molar-refractivity contribution is 6.02. The zero-order chi connectivity index (χ0) is 14.1. The lowest BCUT2D eigenvalue weighted by atomic mass is 9.93. The van der Waals surface area contributed by atoms with E-state index in [2.05, 4.69) is 4.74 Å². The van der Waals surface area contributed by atoms with Crippen LogP contribution in [0.25, 0.3) is 0 Å².